The predicted molar refractivity (Wildman–Crippen MR) is 40.7 cm³/mol. The standard InChI is InChI=1S/C7H8N2O3/c10-9(11)7-2-1-6(12-7)5-3-4-8-5/h1-2,5,8H,3-4H2/t5-/m0/s1. The lowest BCUT2D eigenvalue weighted by atomic mass is 10.1. The molecule has 5 heteroatoms. The van der Waals surface area contributed by atoms with Crippen molar-refractivity contribution in [3.63, 3.8) is 0 Å². The Kier molecular flexibility index (Phi) is 1.58. The van der Waals surface area contributed by atoms with Crippen molar-refractivity contribution in [3.05, 3.63) is 28.0 Å². The Morgan fingerprint density at radius 2 is 2.42 bits per heavy atom. The Bertz CT molecular complexity index is 303. The summed E-state index contributed by atoms with van der Waals surface area (Å²) in [6, 6.07) is 3.21. The van der Waals surface area contributed by atoms with E-state index < -0.39 is 4.92 Å². The third-order valence-electron chi connectivity index (χ3n) is 1.96. The summed E-state index contributed by atoms with van der Waals surface area (Å²) >= 11 is 0. The highest BCUT2D eigenvalue weighted by Gasteiger charge is 2.24. The number of hydrogen-bond donors (Lipinski definition) is 1. The quantitative estimate of drug-likeness (QED) is 0.532. The first-order chi connectivity index (χ1) is 5.77. The second kappa shape index (κ2) is 2.60. The molecule has 0 amide bonds. The molecule has 2 heterocycles. The fourth-order valence-corrected chi connectivity index (χ4v) is 1.16. The molecule has 1 fully saturated rings. The van der Waals surface area contributed by atoms with Gasteiger partial charge in [0.2, 0.25) is 0 Å². The number of hydrogen-bond acceptors (Lipinski definition) is 4. The maximum Gasteiger partial charge on any atom is 0.433 e. The lowest BCUT2D eigenvalue weighted by Crippen LogP contribution is -2.34. The van der Waals surface area contributed by atoms with E-state index in [2.05, 4.69) is 5.32 Å². The number of nitrogens with zero attached hydrogens (tertiary/aromatic N) is 1. The molecule has 0 aromatic carbocycles. The third-order valence-corrected chi connectivity index (χ3v) is 1.96. The molecule has 1 aromatic heterocycles. The van der Waals surface area contributed by atoms with Crippen LogP contribution in [0.2, 0.25) is 0 Å². The van der Waals surface area contributed by atoms with Crippen LogP contribution in [0.15, 0.2) is 16.5 Å². The van der Waals surface area contributed by atoms with Crippen molar-refractivity contribution in [2.75, 3.05) is 6.54 Å². The lowest BCUT2D eigenvalue weighted by molar-refractivity contribution is -0.402. The molecule has 0 spiro atoms. The van der Waals surface area contributed by atoms with Crippen LogP contribution >= 0.6 is 0 Å². The highest BCUT2D eigenvalue weighted by molar-refractivity contribution is 5.20. The summed E-state index contributed by atoms with van der Waals surface area (Å²) in [6.45, 7) is 0.958. The fraction of sp³-hybridized carbons (Fsp3) is 0.429. The Hall–Kier alpha value is -1.36. The summed E-state index contributed by atoms with van der Waals surface area (Å²) < 4.78 is 4.99. The molecular weight excluding hydrogens is 160 g/mol. The summed E-state index contributed by atoms with van der Waals surface area (Å²) in [5, 5.41) is 13.3. The van der Waals surface area contributed by atoms with Crippen LogP contribution in [0.25, 0.3) is 0 Å². The minimum absolute atomic E-state index is 0.179. The van der Waals surface area contributed by atoms with Gasteiger partial charge in [0.15, 0.2) is 0 Å². The molecule has 1 aromatic rings. The van der Waals surface area contributed by atoms with Crippen LogP contribution in [-0.2, 0) is 0 Å². The zero-order chi connectivity index (χ0) is 8.55. The van der Waals surface area contributed by atoms with Crippen molar-refractivity contribution in [1.29, 1.82) is 0 Å². The van der Waals surface area contributed by atoms with Crippen molar-refractivity contribution in [2.45, 2.75) is 12.5 Å². The van der Waals surface area contributed by atoms with Crippen LogP contribution in [0, 0.1) is 10.1 Å². The summed E-state index contributed by atoms with van der Waals surface area (Å²) in [5.74, 6) is 0.478. The second-order valence-corrected chi connectivity index (χ2v) is 2.73. The van der Waals surface area contributed by atoms with Crippen molar-refractivity contribution >= 4 is 5.88 Å². The van der Waals surface area contributed by atoms with Crippen LogP contribution in [0.4, 0.5) is 5.88 Å². The molecule has 0 bridgehead atoms. The fourth-order valence-electron chi connectivity index (χ4n) is 1.16. The minimum Gasteiger partial charge on any atom is -0.404 e. The molecular formula is C7H8N2O3. The van der Waals surface area contributed by atoms with Gasteiger partial charge in [0.25, 0.3) is 0 Å². The van der Waals surface area contributed by atoms with Gasteiger partial charge in [0.1, 0.15) is 10.7 Å². The van der Waals surface area contributed by atoms with E-state index in [1.165, 1.54) is 6.07 Å². The highest BCUT2D eigenvalue weighted by atomic mass is 16.6. The Morgan fingerprint density at radius 1 is 1.67 bits per heavy atom. The number of furan rings is 1. The van der Waals surface area contributed by atoms with E-state index in [0.717, 1.165) is 13.0 Å². The predicted octanol–water partition coefficient (Wildman–Crippen LogP) is 1.22. The topological polar surface area (TPSA) is 68.3 Å². The van der Waals surface area contributed by atoms with Gasteiger partial charge in [-0.05, 0) is 19.0 Å². The van der Waals surface area contributed by atoms with Crippen molar-refractivity contribution in [3.8, 4) is 0 Å². The summed E-state index contributed by atoms with van der Waals surface area (Å²) in [7, 11) is 0. The second-order valence-electron chi connectivity index (χ2n) is 2.73. The van der Waals surface area contributed by atoms with Crippen LogP contribution in [0.3, 0.4) is 0 Å². The highest BCUT2D eigenvalue weighted by Crippen LogP contribution is 2.27. The van der Waals surface area contributed by atoms with Crippen molar-refractivity contribution in [1.82, 2.24) is 5.32 Å². The largest absolute Gasteiger partial charge is 0.433 e. The molecule has 1 aliphatic rings. The normalized spacial score (nSPS) is 21.8. The van der Waals surface area contributed by atoms with E-state index in [1.807, 2.05) is 0 Å². The molecule has 0 aliphatic carbocycles. The van der Waals surface area contributed by atoms with E-state index in [0.29, 0.717) is 5.76 Å². The number of nitro groups is 1. The van der Waals surface area contributed by atoms with Gasteiger partial charge < -0.3 is 9.73 Å². The van der Waals surface area contributed by atoms with Crippen molar-refractivity contribution < 1.29 is 9.34 Å². The molecule has 5 nitrogen and oxygen atoms in total. The smallest absolute Gasteiger partial charge is 0.404 e. The van der Waals surface area contributed by atoms with Crippen LogP contribution < -0.4 is 5.32 Å². The monoisotopic (exact) mass is 168 g/mol. The van der Waals surface area contributed by atoms with Crippen LogP contribution in [0.5, 0.6) is 0 Å². The van der Waals surface area contributed by atoms with Gasteiger partial charge in [-0.2, -0.15) is 0 Å². The molecule has 0 unspecified atom stereocenters. The van der Waals surface area contributed by atoms with Crippen LogP contribution in [0.1, 0.15) is 18.2 Å². The lowest BCUT2D eigenvalue weighted by Gasteiger charge is -2.24. The van der Waals surface area contributed by atoms with Gasteiger partial charge in [-0.25, -0.2) is 0 Å². The van der Waals surface area contributed by atoms with E-state index >= 15 is 0 Å². The van der Waals surface area contributed by atoms with E-state index in [4.69, 9.17) is 4.42 Å². The third kappa shape index (κ3) is 1.08. The zero-order valence-electron chi connectivity index (χ0n) is 6.32. The van der Waals surface area contributed by atoms with E-state index in [9.17, 15) is 10.1 Å². The van der Waals surface area contributed by atoms with Gasteiger partial charge in [-0.15, -0.1) is 0 Å². The molecule has 1 aliphatic heterocycles. The van der Waals surface area contributed by atoms with E-state index in [-0.39, 0.29) is 11.9 Å². The van der Waals surface area contributed by atoms with Gasteiger partial charge in [0, 0.05) is 0 Å². The molecule has 0 saturated carbocycles. The molecule has 1 atom stereocenters. The Morgan fingerprint density at radius 3 is 2.83 bits per heavy atom. The maximum absolute atomic E-state index is 10.2. The molecule has 0 radical (unpaired) electrons. The summed E-state index contributed by atoms with van der Waals surface area (Å²) in [4.78, 5) is 9.71. The SMILES string of the molecule is O=[N+]([O-])c1ccc([C@@H]2CCN2)o1. The minimum atomic E-state index is -0.526. The average molecular weight is 168 g/mol. The first kappa shape index (κ1) is 7.30. The molecule has 1 N–H and O–H groups in total. The first-order valence-electron chi connectivity index (χ1n) is 3.75. The van der Waals surface area contributed by atoms with Crippen molar-refractivity contribution in [2.24, 2.45) is 0 Å². The first-order valence-corrected chi connectivity index (χ1v) is 3.75. The molecule has 2 rings (SSSR count). The Labute approximate surface area is 68.5 Å². The zero-order valence-corrected chi connectivity index (χ0v) is 6.32. The summed E-state index contributed by atoms with van der Waals surface area (Å²) in [5.41, 5.74) is 0. The van der Waals surface area contributed by atoms with Crippen LogP contribution in [-0.4, -0.2) is 11.5 Å². The maximum atomic E-state index is 10.2. The Balaban J connectivity index is 2.17. The molecule has 1 saturated heterocycles. The summed E-state index contributed by atoms with van der Waals surface area (Å²) in [6.07, 6.45) is 0.991. The van der Waals surface area contributed by atoms with Gasteiger partial charge in [-0.1, -0.05) is 0 Å². The number of nitrogens with one attached hydrogen (secondary N) is 1. The number of rotatable bonds is 2. The average Bonchev–Trinajstić information content (AvgIpc) is 2.32. The molecule has 64 valence electrons. The molecule has 12 heavy (non-hydrogen) atoms. The van der Waals surface area contributed by atoms with Gasteiger partial charge in [0.05, 0.1) is 12.1 Å². The van der Waals surface area contributed by atoms with Gasteiger partial charge >= 0.3 is 5.88 Å². The van der Waals surface area contributed by atoms with Gasteiger partial charge in [-0.3, -0.25) is 10.1 Å². The van der Waals surface area contributed by atoms with E-state index in [1.54, 1.807) is 6.07 Å².